The number of hydrogen-bond acceptors (Lipinski definition) is 5. The van der Waals surface area contributed by atoms with Crippen LogP contribution in [-0.4, -0.2) is 45.2 Å². The molecule has 0 aromatic carbocycles. The quantitative estimate of drug-likeness (QED) is 0.738. The molecule has 4 fully saturated rings. The standard InChI is InChI=1S/C26H41N3O3/c1-17-14-27-28-29(17)15-23(30)22-8-7-20-19-6-5-18-13-26(31,16-32-4)12-11-24(18,2)21(19)9-10-25(20,22)3/h14,18-22,31H,5-13,15-16H2,1-4H3/t18-,19-,20-,21-,22+,24-,25-,26+/m0/s1. The van der Waals surface area contributed by atoms with Crippen LogP contribution in [0.1, 0.15) is 77.3 Å². The molecule has 0 amide bonds. The van der Waals surface area contributed by atoms with E-state index in [2.05, 4.69) is 24.2 Å². The highest BCUT2D eigenvalue weighted by molar-refractivity contribution is 5.82. The first-order valence-corrected chi connectivity index (χ1v) is 12.8. The van der Waals surface area contributed by atoms with Gasteiger partial charge in [-0.05, 0) is 99.2 Å². The highest BCUT2D eigenvalue weighted by Gasteiger charge is 2.62. The van der Waals surface area contributed by atoms with Gasteiger partial charge in [-0.15, -0.1) is 5.10 Å². The van der Waals surface area contributed by atoms with E-state index in [9.17, 15) is 9.90 Å². The molecule has 8 atom stereocenters. The van der Waals surface area contributed by atoms with E-state index in [1.807, 2.05) is 6.92 Å². The Morgan fingerprint density at radius 1 is 1.12 bits per heavy atom. The summed E-state index contributed by atoms with van der Waals surface area (Å²) in [7, 11) is 1.70. The van der Waals surface area contributed by atoms with Gasteiger partial charge >= 0.3 is 0 Å². The van der Waals surface area contributed by atoms with Gasteiger partial charge in [-0.25, -0.2) is 4.68 Å². The van der Waals surface area contributed by atoms with Gasteiger partial charge in [-0.3, -0.25) is 4.79 Å². The Balaban J connectivity index is 1.33. The zero-order valence-electron chi connectivity index (χ0n) is 20.3. The molecule has 4 aliphatic rings. The lowest BCUT2D eigenvalue weighted by atomic mass is 9.44. The van der Waals surface area contributed by atoms with Gasteiger partial charge in [0, 0.05) is 13.0 Å². The van der Waals surface area contributed by atoms with E-state index in [4.69, 9.17) is 4.74 Å². The molecule has 1 N–H and O–H groups in total. The number of nitrogens with zero attached hydrogens (tertiary/aromatic N) is 3. The summed E-state index contributed by atoms with van der Waals surface area (Å²) < 4.78 is 7.12. The lowest BCUT2D eigenvalue weighted by molar-refractivity contribution is -0.164. The maximum absolute atomic E-state index is 13.4. The first-order chi connectivity index (χ1) is 15.2. The van der Waals surface area contributed by atoms with Crippen molar-refractivity contribution < 1.29 is 14.6 Å². The highest BCUT2D eigenvalue weighted by atomic mass is 16.5. The van der Waals surface area contributed by atoms with Crippen molar-refractivity contribution in [2.45, 2.75) is 90.7 Å². The number of fused-ring (bicyclic) bond motifs is 5. The lowest BCUT2D eigenvalue weighted by Crippen LogP contribution is -2.57. The van der Waals surface area contributed by atoms with E-state index in [-0.39, 0.29) is 11.3 Å². The van der Waals surface area contributed by atoms with Crippen molar-refractivity contribution in [1.29, 1.82) is 0 Å². The van der Waals surface area contributed by atoms with Gasteiger partial charge in [0.1, 0.15) is 6.54 Å². The molecular formula is C26H41N3O3. The molecule has 0 bridgehead atoms. The third kappa shape index (κ3) is 3.39. The van der Waals surface area contributed by atoms with Crippen LogP contribution in [0.4, 0.5) is 0 Å². The molecule has 178 valence electrons. The SMILES string of the molecule is COC[C@@]1(O)CC[C@@]2(C)[C@@H](CC[C@@H]3[C@@H]2CC[C@]2(C)[C@@H](C(=O)Cn4nncc4C)CC[C@@H]32)C1. The van der Waals surface area contributed by atoms with E-state index in [0.29, 0.717) is 36.2 Å². The molecule has 5 rings (SSSR count). The molecule has 0 radical (unpaired) electrons. The molecule has 0 spiro atoms. The highest BCUT2D eigenvalue weighted by Crippen LogP contribution is 2.68. The summed E-state index contributed by atoms with van der Waals surface area (Å²) in [4.78, 5) is 13.4. The van der Waals surface area contributed by atoms with Crippen molar-refractivity contribution in [2.75, 3.05) is 13.7 Å². The molecule has 1 aromatic heterocycles. The van der Waals surface area contributed by atoms with Crippen LogP contribution >= 0.6 is 0 Å². The molecule has 6 heteroatoms. The lowest BCUT2D eigenvalue weighted by Gasteiger charge is -2.62. The Morgan fingerprint density at radius 2 is 1.91 bits per heavy atom. The van der Waals surface area contributed by atoms with E-state index in [1.165, 1.54) is 25.7 Å². The van der Waals surface area contributed by atoms with Crippen LogP contribution in [0.2, 0.25) is 0 Å². The van der Waals surface area contributed by atoms with Gasteiger partial charge in [0.05, 0.1) is 24.1 Å². The second-order valence-corrected chi connectivity index (χ2v) is 12.2. The van der Waals surface area contributed by atoms with Crippen molar-refractivity contribution >= 4 is 5.78 Å². The fourth-order valence-corrected chi connectivity index (χ4v) is 8.97. The van der Waals surface area contributed by atoms with Crippen molar-refractivity contribution in [1.82, 2.24) is 15.0 Å². The third-order valence-corrected chi connectivity index (χ3v) is 10.7. The third-order valence-electron chi connectivity index (χ3n) is 10.7. The van der Waals surface area contributed by atoms with Crippen LogP contribution in [0.5, 0.6) is 0 Å². The fourth-order valence-electron chi connectivity index (χ4n) is 8.97. The monoisotopic (exact) mass is 443 g/mol. The number of rotatable bonds is 5. The molecular weight excluding hydrogens is 402 g/mol. The van der Waals surface area contributed by atoms with E-state index in [1.54, 1.807) is 18.0 Å². The minimum absolute atomic E-state index is 0.126. The Bertz CT molecular complexity index is 870. The number of ketones is 1. The molecule has 6 nitrogen and oxygen atoms in total. The molecule has 0 aliphatic heterocycles. The van der Waals surface area contributed by atoms with Gasteiger partial charge in [-0.2, -0.15) is 0 Å². The molecule has 4 saturated carbocycles. The first-order valence-electron chi connectivity index (χ1n) is 12.8. The summed E-state index contributed by atoms with van der Waals surface area (Å²) in [6.07, 6.45) is 11.7. The zero-order valence-corrected chi connectivity index (χ0v) is 20.3. The summed E-state index contributed by atoms with van der Waals surface area (Å²) in [5, 5.41) is 19.1. The van der Waals surface area contributed by atoms with Crippen molar-refractivity contribution in [3.05, 3.63) is 11.9 Å². The van der Waals surface area contributed by atoms with Crippen molar-refractivity contribution in [3.8, 4) is 0 Å². The topological polar surface area (TPSA) is 77.2 Å². The maximum Gasteiger partial charge on any atom is 0.157 e. The summed E-state index contributed by atoms with van der Waals surface area (Å²) in [6.45, 7) is 7.74. The Hall–Kier alpha value is -1.27. The number of aromatic nitrogens is 3. The molecule has 4 aliphatic carbocycles. The van der Waals surface area contributed by atoms with Gasteiger partial charge in [0.2, 0.25) is 0 Å². The van der Waals surface area contributed by atoms with Crippen LogP contribution in [0, 0.1) is 47.3 Å². The van der Waals surface area contributed by atoms with Crippen LogP contribution in [0.3, 0.4) is 0 Å². The van der Waals surface area contributed by atoms with E-state index in [0.717, 1.165) is 49.6 Å². The van der Waals surface area contributed by atoms with Gasteiger partial charge in [0.25, 0.3) is 0 Å². The molecule has 32 heavy (non-hydrogen) atoms. The number of carbonyl (C=O) groups is 1. The number of Topliss-reactive ketones (excluding diaryl/α,β-unsaturated/α-hetero) is 1. The number of aliphatic hydroxyl groups is 1. The Labute approximate surface area is 192 Å². The summed E-state index contributed by atoms with van der Waals surface area (Å²) in [5.74, 6) is 3.22. The predicted octanol–water partition coefficient (Wildman–Crippen LogP) is 4.19. The molecule has 0 unspecified atom stereocenters. The fraction of sp³-hybridized carbons (Fsp3) is 0.885. The molecule has 1 heterocycles. The Morgan fingerprint density at radius 3 is 2.62 bits per heavy atom. The number of hydrogen-bond donors (Lipinski definition) is 1. The summed E-state index contributed by atoms with van der Waals surface area (Å²) >= 11 is 0. The minimum atomic E-state index is -0.640. The largest absolute Gasteiger partial charge is 0.387 e. The number of carbonyl (C=O) groups excluding carboxylic acids is 1. The Kier molecular flexibility index (Phi) is 5.56. The first kappa shape index (κ1) is 22.5. The van der Waals surface area contributed by atoms with Crippen LogP contribution in [0.15, 0.2) is 6.20 Å². The van der Waals surface area contributed by atoms with E-state index >= 15 is 0 Å². The average Bonchev–Trinajstić information content (AvgIpc) is 3.31. The van der Waals surface area contributed by atoms with E-state index < -0.39 is 5.60 Å². The van der Waals surface area contributed by atoms with Crippen LogP contribution < -0.4 is 0 Å². The number of methoxy groups -OCH3 is 1. The smallest absolute Gasteiger partial charge is 0.157 e. The molecule has 1 aromatic rings. The van der Waals surface area contributed by atoms with Gasteiger partial charge in [-0.1, -0.05) is 19.1 Å². The predicted molar refractivity (Wildman–Crippen MR) is 122 cm³/mol. The second kappa shape index (κ2) is 7.90. The normalized spacial score (nSPS) is 45.7. The van der Waals surface area contributed by atoms with Gasteiger partial charge in [0.15, 0.2) is 5.78 Å². The zero-order chi connectivity index (χ0) is 22.7. The number of ether oxygens (including phenoxy) is 1. The van der Waals surface area contributed by atoms with Gasteiger partial charge < -0.3 is 9.84 Å². The van der Waals surface area contributed by atoms with Crippen LogP contribution in [-0.2, 0) is 16.1 Å². The summed E-state index contributed by atoms with van der Waals surface area (Å²) in [6, 6.07) is 0. The van der Waals surface area contributed by atoms with Crippen molar-refractivity contribution in [3.63, 3.8) is 0 Å². The molecule has 0 saturated heterocycles. The number of aryl methyl sites for hydroxylation is 1. The van der Waals surface area contributed by atoms with Crippen molar-refractivity contribution in [2.24, 2.45) is 40.4 Å². The second-order valence-electron chi connectivity index (χ2n) is 12.2. The maximum atomic E-state index is 13.4. The summed E-state index contributed by atoms with van der Waals surface area (Å²) in [5.41, 5.74) is 0.768. The van der Waals surface area contributed by atoms with Crippen LogP contribution in [0.25, 0.3) is 0 Å². The minimum Gasteiger partial charge on any atom is -0.387 e. The average molecular weight is 444 g/mol.